The fourth-order valence-corrected chi connectivity index (χ4v) is 9.77. The molecule has 37 heavy (non-hydrogen) atoms. The van der Waals surface area contributed by atoms with Gasteiger partial charge < -0.3 is 15.5 Å². The first kappa shape index (κ1) is 26.9. The van der Waals surface area contributed by atoms with Crippen molar-refractivity contribution in [2.24, 2.45) is 46.3 Å². The molecule has 0 aliphatic heterocycles. The molecule has 5 heteroatoms. The molecule has 0 radical (unpaired) electrons. The van der Waals surface area contributed by atoms with Gasteiger partial charge >= 0.3 is 0 Å². The van der Waals surface area contributed by atoms with Crippen LogP contribution in [0.15, 0.2) is 24.3 Å². The van der Waals surface area contributed by atoms with Gasteiger partial charge in [-0.05, 0) is 123 Å². The molecule has 0 bridgehead atoms. The predicted molar refractivity (Wildman–Crippen MR) is 146 cm³/mol. The Morgan fingerprint density at radius 1 is 1.03 bits per heavy atom. The predicted octanol–water partition coefficient (Wildman–Crippen LogP) is 6.23. The van der Waals surface area contributed by atoms with Crippen molar-refractivity contribution in [3.05, 3.63) is 29.8 Å². The fourth-order valence-electron chi connectivity index (χ4n) is 9.77. The molecule has 1 amide bonds. The van der Waals surface area contributed by atoms with E-state index in [1.54, 1.807) is 12.1 Å². The van der Waals surface area contributed by atoms with Crippen LogP contribution in [0, 0.1) is 46.3 Å². The van der Waals surface area contributed by atoms with E-state index in [4.69, 9.17) is 0 Å². The summed E-state index contributed by atoms with van der Waals surface area (Å²) in [7, 11) is 0. The summed E-state index contributed by atoms with van der Waals surface area (Å²) in [6.07, 6.45) is 9.42. The van der Waals surface area contributed by atoms with Gasteiger partial charge in [-0.25, -0.2) is 0 Å². The first-order valence-electron chi connectivity index (χ1n) is 14.8. The van der Waals surface area contributed by atoms with Crippen molar-refractivity contribution in [3.63, 3.8) is 0 Å². The van der Waals surface area contributed by atoms with Crippen LogP contribution in [0.4, 0.5) is 5.69 Å². The number of nitrogens with one attached hydrogen (secondary N) is 1. The van der Waals surface area contributed by atoms with Crippen molar-refractivity contribution in [1.29, 1.82) is 0 Å². The summed E-state index contributed by atoms with van der Waals surface area (Å²) < 4.78 is 0. The van der Waals surface area contributed by atoms with Crippen LogP contribution in [0.5, 0.6) is 0 Å². The maximum atomic E-state index is 12.8. The number of fused-ring (bicyclic) bond motifs is 5. The van der Waals surface area contributed by atoms with E-state index in [0.29, 0.717) is 53.2 Å². The minimum absolute atomic E-state index is 0.00264. The molecule has 5 rings (SSSR count). The maximum absolute atomic E-state index is 12.8. The molecule has 0 saturated heterocycles. The largest absolute Gasteiger partial charge is 0.393 e. The third-order valence-electron chi connectivity index (χ3n) is 11.8. The van der Waals surface area contributed by atoms with E-state index in [1.165, 1.54) is 32.6 Å². The molecule has 0 heterocycles. The van der Waals surface area contributed by atoms with Crippen LogP contribution in [0.3, 0.4) is 0 Å². The molecule has 3 N–H and O–H groups in total. The second-order valence-electron chi connectivity index (χ2n) is 13.7. The molecular formula is C32H47NO4. The van der Waals surface area contributed by atoms with E-state index in [9.17, 15) is 19.8 Å². The van der Waals surface area contributed by atoms with E-state index in [1.807, 2.05) is 12.1 Å². The van der Waals surface area contributed by atoms with Gasteiger partial charge in [-0.1, -0.05) is 32.9 Å². The topological polar surface area (TPSA) is 86.6 Å². The molecule has 1 aromatic carbocycles. The van der Waals surface area contributed by atoms with E-state index >= 15 is 0 Å². The van der Waals surface area contributed by atoms with E-state index in [-0.39, 0.29) is 34.7 Å². The van der Waals surface area contributed by atoms with Crippen molar-refractivity contribution in [2.75, 3.05) is 5.32 Å². The summed E-state index contributed by atoms with van der Waals surface area (Å²) in [5, 5.41) is 24.7. The highest BCUT2D eigenvalue weighted by molar-refractivity contribution is 5.97. The van der Waals surface area contributed by atoms with Gasteiger partial charge in [-0.3, -0.25) is 9.59 Å². The standard InChI is InChI=1S/C32H47NO4/c1-19(8-11-29(37)33-23-7-5-6-21(16-23)20(2)34)25-9-10-26-30-27(13-15-32(25,26)4)31(3)14-12-24(35)17-22(31)18-28(30)36/h5-7,16,19,22,24-28,30,35-36H,8-15,17-18H2,1-4H3,(H,33,37)/t19-,22+,24-,25-,26+,27+,28+,30+,31+,32-/m1/s1. The van der Waals surface area contributed by atoms with Gasteiger partial charge in [0, 0.05) is 17.7 Å². The molecule has 4 fully saturated rings. The third-order valence-corrected chi connectivity index (χ3v) is 11.8. The monoisotopic (exact) mass is 509 g/mol. The number of benzene rings is 1. The number of aliphatic hydroxyl groups is 2. The molecule has 204 valence electrons. The molecule has 4 aliphatic rings. The van der Waals surface area contributed by atoms with Crippen LogP contribution < -0.4 is 5.32 Å². The minimum Gasteiger partial charge on any atom is -0.393 e. The van der Waals surface area contributed by atoms with Crippen molar-refractivity contribution in [2.45, 2.75) is 104 Å². The molecule has 0 aromatic heterocycles. The summed E-state index contributed by atoms with van der Waals surface area (Å²) >= 11 is 0. The lowest BCUT2D eigenvalue weighted by atomic mass is 9.43. The van der Waals surface area contributed by atoms with Gasteiger partial charge in [-0.15, -0.1) is 0 Å². The smallest absolute Gasteiger partial charge is 0.224 e. The van der Waals surface area contributed by atoms with Crippen molar-refractivity contribution >= 4 is 17.4 Å². The Bertz CT molecular complexity index is 1020. The van der Waals surface area contributed by atoms with Gasteiger partial charge in [-0.2, -0.15) is 0 Å². The summed E-state index contributed by atoms with van der Waals surface area (Å²) in [4.78, 5) is 24.4. The number of rotatable bonds is 6. The number of Topliss-reactive ketones (excluding diaryl/α,β-unsaturated/α-hetero) is 1. The van der Waals surface area contributed by atoms with Crippen LogP contribution in [0.2, 0.25) is 0 Å². The number of carbonyl (C=O) groups is 2. The number of ketones is 1. The number of anilines is 1. The first-order valence-corrected chi connectivity index (χ1v) is 14.8. The molecular weight excluding hydrogens is 462 g/mol. The minimum atomic E-state index is -0.247. The quantitative estimate of drug-likeness (QED) is 0.397. The number of amides is 1. The van der Waals surface area contributed by atoms with Gasteiger partial charge in [0.25, 0.3) is 0 Å². The molecule has 5 nitrogen and oxygen atoms in total. The normalized spacial score (nSPS) is 41.7. The number of hydrogen-bond acceptors (Lipinski definition) is 4. The Kier molecular flexibility index (Phi) is 7.34. The fraction of sp³-hybridized carbons (Fsp3) is 0.750. The molecule has 0 unspecified atom stereocenters. The van der Waals surface area contributed by atoms with Crippen LogP contribution in [0.1, 0.15) is 102 Å². The van der Waals surface area contributed by atoms with Crippen molar-refractivity contribution < 1.29 is 19.8 Å². The van der Waals surface area contributed by atoms with Crippen molar-refractivity contribution in [1.82, 2.24) is 0 Å². The van der Waals surface area contributed by atoms with Gasteiger partial charge in [0.2, 0.25) is 5.91 Å². The van der Waals surface area contributed by atoms with Crippen molar-refractivity contribution in [3.8, 4) is 0 Å². The third kappa shape index (κ3) is 4.80. The Labute approximate surface area is 222 Å². The highest BCUT2D eigenvalue weighted by atomic mass is 16.3. The zero-order valence-corrected chi connectivity index (χ0v) is 23.2. The molecule has 0 spiro atoms. The summed E-state index contributed by atoms with van der Waals surface area (Å²) in [6, 6.07) is 7.16. The Balaban J connectivity index is 1.23. The zero-order valence-electron chi connectivity index (χ0n) is 23.2. The average molecular weight is 510 g/mol. The van der Waals surface area contributed by atoms with Gasteiger partial charge in [0.05, 0.1) is 12.2 Å². The van der Waals surface area contributed by atoms with Gasteiger partial charge in [0.1, 0.15) is 0 Å². The van der Waals surface area contributed by atoms with E-state index < -0.39 is 0 Å². The Morgan fingerprint density at radius 3 is 2.51 bits per heavy atom. The second kappa shape index (κ2) is 10.1. The van der Waals surface area contributed by atoms with Crippen LogP contribution >= 0.6 is 0 Å². The lowest BCUT2D eigenvalue weighted by molar-refractivity contribution is -0.174. The number of aliphatic hydroxyl groups excluding tert-OH is 2. The highest BCUT2D eigenvalue weighted by Crippen LogP contribution is 2.68. The second-order valence-corrected chi connectivity index (χ2v) is 13.7. The lowest BCUT2D eigenvalue weighted by Crippen LogP contribution is -2.58. The average Bonchev–Trinajstić information content (AvgIpc) is 3.21. The summed E-state index contributed by atoms with van der Waals surface area (Å²) in [6.45, 7) is 8.82. The highest BCUT2D eigenvalue weighted by Gasteiger charge is 2.62. The van der Waals surface area contributed by atoms with E-state index in [2.05, 4.69) is 26.1 Å². The summed E-state index contributed by atoms with van der Waals surface area (Å²) in [5.41, 5.74) is 1.78. The maximum Gasteiger partial charge on any atom is 0.224 e. The Morgan fingerprint density at radius 2 is 1.76 bits per heavy atom. The summed E-state index contributed by atoms with van der Waals surface area (Å²) in [5.74, 6) is 2.99. The first-order chi connectivity index (χ1) is 17.5. The lowest BCUT2D eigenvalue weighted by Gasteiger charge is -2.62. The molecule has 4 aliphatic carbocycles. The van der Waals surface area contributed by atoms with Crippen LogP contribution in [0.25, 0.3) is 0 Å². The zero-order chi connectivity index (χ0) is 26.5. The Hall–Kier alpha value is -1.72. The number of hydrogen-bond donors (Lipinski definition) is 3. The van der Waals surface area contributed by atoms with Crippen LogP contribution in [-0.4, -0.2) is 34.1 Å². The molecule has 1 aromatic rings. The van der Waals surface area contributed by atoms with Crippen LogP contribution in [-0.2, 0) is 4.79 Å². The molecule has 10 atom stereocenters. The van der Waals surface area contributed by atoms with E-state index in [0.717, 1.165) is 32.1 Å². The molecule has 4 saturated carbocycles. The SMILES string of the molecule is CC(=O)c1cccc(NC(=O)CC[C@@H](C)[C@H]2CC[C@H]3[C@@H]4[C@@H](O)C[C@@H]5C[C@H](O)CC[C@]5(C)[C@H]4CC[C@]23C)c1. The van der Waals surface area contributed by atoms with Gasteiger partial charge in [0.15, 0.2) is 5.78 Å². The number of carbonyl (C=O) groups excluding carboxylic acids is 2.